The fourth-order valence-electron chi connectivity index (χ4n) is 6.99. The van der Waals surface area contributed by atoms with Crippen LogP contribution in [0.2, 0.25) is 5.02 Å². The van der Waals surface area contributed by atoms with Gasteiger partial charge in [0.15, 0.2) is 5.78 Å². The van der Waals surface area contributed by atoms with Crippen molar-refractivity contribution in [2.75, 3.05) is 44.6 Å². The van der Waals surface area contributed by atoms with Crippen molar-refractivity contribution in [1.29, 1.82) is 0 Å². The number of benzene rings is 3. The summed E-state index contributed by atoms with van der Waals surface area (Å²) in [5.41, 5.74) is 5.75. The number of carbonyl (C=O) groups is 4. The molecular formula is C39H38ClN5O4. The minimum Gasteiger partial charge on any atom is -0.356 e. The van der Waals surface area contributed by atoms with Crippen LogP contribution in [0.5, 0.6) is 0 Å². The summed E-state index contributed by atoms with van der Waals surface area (Å²) >= 11 is 6.11. The van der Waals surface area contributed by atoms with Crippen molar-refractivity contribution in [3.8, 4) is 0 Å². The Morgan fingerprint density at radius 2 is 1.55 bits per heavy atom. The van der Waals surface area contributed by atoms with Crippen LogP contribution < -0.4 is 10.6 Å². The van der Waals surface area contributed by atoms with E-state index in [4.69, 9.17) is 16.6 Å². The topological polar surface area (TPSA) is 111 Å². The van der Waals surface area contributed by atoms with Gasteiger partial charge in [-0.3, -0.25) is 24.2 Å². The molecule has 250 valence electrons. The molecule has 1 aliphatic carbocycles. The molecule has 3 aromatic carbocycles. The first-order valence-electron chi connectivity index (χ1n) is 16.9. The van der Waals surface area contributed by atoms with Crippen molar-refractivity contribution in [3.05, 3.63) is 117 Å². The smallest absolute Gasteiger partial charge is 0.254 e. The number of hydrogen-bond acceptors (Lipinski definition) is 7. The maximum absolute atomic E-state index is 14.0. The summed E-state index contributed by atoms with van der Waals surface area (Å²) in [6, 6.07) is 20.1. The second kappa shape index (κ2) is 14.3. The maximum atomic E-state index is 14.0. The third-order valence-corrected chi connectivity index (χ3v) is 10.0. The number of rotatable bonds is 8. The molecule has 2 amide bonds. The number of aliphatic imine (C=N–C) groups is 1. The standard InChI is InChI=1S/C39H38ClN5O4/c40-29-11-9-27(10-12-29)38(48)31-23-35(46)30(21-25-3-7-28(8-4-25)39(49)45-17-1-2-18-45)32-24-42-34-22-26(5-13-33(34)43-37(31)32)6-14-36(47)44-19-15-41-16-20-44/h1-5,7-13,22,24,30-31,41,43H,6,14-21,23H2. The van der Waals surface area contributed by atoms with Gasteiger partial charge in [0.1, 0.15) is 5.78 Å². The number of carbonyl (C=O) groups excluding carboxylic acids is 4. The summed E-state index contributed by atoms with van der Waals surface area (Å²) in [6.45, 7) is 4.29. The molecule has 0 bridgehead atoms. The summed E-state index contributed by atoms with van der Waals surface area (Å²) in [6.07, 6.45) is 7.14. The van der Waals surface area contributed by atoms with E-state index in [9.17, 15) is 19.2 Å². The molecular weight excluding hydrogens is 638 g/mol. The summed E-state index contributed by atoms with van der Waals surface area (Å²) in [7, 11) is 0. The number of Topliss-reactive ketones (excluding diaryl/α,β-unsaturated/α-hetero) is 2. The molecule has 2 N–H and O–H groups in total. The van der Waals surface area contributed by atoms with E-state index in [1.54, 1.807) is 35.4 Å². The molecule has 1 fully saturated rings. The van der Waals surface area contributed by atoms with Crippen LogP contribution in [0, 0.1) is 11.8 Å². The number of anilines is 1. The highest BCUT2D eigenvalue weighted by Crippen LogP contribution is 2.40. The van der Waals surface area contributed by atoms with Crippen LogP contribution in [0.3, 0.4) is 0 Å². The Labute approximate surface area is 290 Å². The molecule has 3 aliphatic heterocycles. The molecule has 3 heterocycles. The van der Waals surface area contributed by atoms with Crippen molar-refractivity contribution in [1.82, 2.24) is 15.1 Å². The quantitative estimate of drug-likeness (QED) is 0.244. The monoisotopic (exact) mass is 675 g/mol. The molecule has 0 radical (unpaired) electrons. The molecule has 49 heavy (non-hydrogen) atoms. The van der Waals surface area contributed by atoms with Crippen LogP contribution in [-0.4, -0.2) is 78.7 Å². The first-order valence-corrected chi connectivity index (χ1v) is 17.2. The van der Waals surface area contributed by atoms with Crippen molar-refractivity contribution in [2.24, 2.45) is 16.8 Å². The number of nitrogens with one attached hydrogen (secondary N) is 2. The Morgan fingerprint density at radius 1 is 0.857 bits per heavy atom. The highest BCUT2D eigenvalue weighted by atomic mass is 35.5. The minimum absolute atomic E-state index is 0.0239. The zero-order valence-corrected chi connectivity index (χ0v) is 27.9. The first-order chi connectivity index (χ1) is 23.8. The van der Waals surface area contributed by atoms with Crippen LogP contribution in [0.1, 0.15) is 44.7 Å². The van der Waals surface area contributed by atoms with Gasteiger partial charge in [0.25, 0.3) is 5.91 Å². The molecule has 10 heteroatoms. The largest absolute Gasteiger partial charge is 0.356 e. The van der Waals surface area contributed by atoms with Gasteiger partial charge in [-0.1, -0.05) is 42.0 Å². The summed E-state index contributed by atoms with van der Waals surface area (Å²) in [5.74, 6) is -1.34. The fourth-order valence-corrected chi connectivity index (χ4v) is 7.11. The Kier molecular flexibility index (Phi) is 9.55. The second-order valence-corrected chi connectivity index (χ2v) is 13.4. The molecule has 0 saturated carbocycles. The number of allylic oxidation sites excluding steroid dienone is 2. The molecule has 2 unspecified atom stereocenters. The first kappa shape index (κ1) is 32.7. The molecule has 1 saturated heterocycles. The van der Waals surface area contributed by atoms with Crippen LogP contribution in [0.25, 0.3) is 0 Å². The van der Waals surface area contributed by atoms with E-state index in [1.807, 2.05) is 59.5 Å². The van der Waals surface area contributed by atoms with Crippen LogP contribution >= 0.6 is 11.6 Å². The van der Waals surface area contributed by atoms with Gasteiger partial charge in [-0.2, -0.15) is 0 Å². The van der Waals surface area contributed by atoms with Gasteiger partial charge in [-0.05, 0) is 72.5 Å². The third-order valence-electron chi connectivity index (χ3n) is 9.79. The number of fused-ring (bicyclic) bond motifs is 1. The van der Waals surface area contributed by atoms with Crippen molar-refractivity contribution < 1.29 is 19.2 Å². The van der Waals surface area contributed by atoms with Gasteiger partial charge in [0.05, 0.1) is 17.3 Å². The molecule has 9 nitrogen and oxygen atoms in total. The summed E-state index contributed by atoms with van der Waals surface area (Å²) < 4.78 is 0. The second-order valence-electron chi connectivity index (χ2n) is 13.0. The molecule has 0 aromatic heterocycles. The van der Waals surface area contributed by atoms with Crippen LogP contribution in [-0.2, 0) is 22.4 Å². The Morgan fingerprint density at radius 3 is 2.29 bits per heavy atom. The zero-order chi connectivity index (χ0) is 33.9. The van der Waals surface area contributed by atoms with Gasteiger partial charge in [0, 0.05) is 91.7 Å². The summed E-state index contributed by atoms with van der Waals surface area (Å²) in [5, 5.41) is 7.33. The number of hydrogen-bond donors (Lipinski definition) is 2. The zero-order valence-electron chi connectivity index (χ0n) is 27.2. The fraction of sp³-hybridized carbons (Fsp3) is 0.308. The summed E-state index contributed by atoms with van der Waals surface area (Å²) in [4.78, 5) is 62.1. The van der Waals surface area contributed by atoms with Gasteiger partial charge < -0.3 is 20.4 Å². The molecule has 2 atom stereocenters. The third kappa shape index (κ3) is 7.14. The average Bonchev–Trinajstić information content (AvgIpc) is 3.61. The Hall–Kier alpha value is -4.86. The number of amides is 2. The number of ketones is 2. The van der Waals surface area contributed by atoms with Crippen molar-refractivity contribution in [2.45, 2.75) is 25.7 Å². The maximum Gasteiger partial charge on any atom is 0.254 e. The van der Waals surface area contributed by atoms with Gasteiger partial charge >= 0.3 is 0 Å². The molecule has 0 spiro atoms. The van der Waals surface area contributed by atoms with E-state index in [0.717, 1.165) is 43.0 Å². The molecule has 7 rings (SSSR count). The van der Waals surface area contributed by atoms with E-state index in [2.05, 4.69) is 10.6 Å². The predicted octanol–water partition coefficient (Wildman–Crippen LogP) is 5.43. The van der Waals surface area contributed by atoms with E-state index >= 15 is 0 Å². The highest BCUT2D eigenvalue weighted by Gasteiger charge is 2.40. The number of piperazine rings is 1. The van der Waals surface area contributed by atoms with Crippen molar-refractivity contribution >= 4 is 52.6 Å². The Balaban J connectivity index is 1.16. The van der Waals surface area contributed by atoms with E-state index < -0.39 is 11.8 Å². The number of halogens is 1. The van der Waals surface area contributed by atoms with Crippen LogP contribution in [0.4, 0.5) is 11.4 Å². The highest BCUT2D eigenvalue weighted by molar-refractivity contribution is 6.30. The Bertz CT molecular complexity index is 1870. The van der Waals surface area contributed by atoms with Crippen LogP contribution in [0.15, 0.2) is 95.1 Å². The lowest BCUT2D eigenvalue weighted by molar-refractivity contribution is -0.131. The van der Waals surface area contributed by atoms with E-state index in [0.29, 0.717) is 65.5 Å². The van der Waals surface area contributed by atoms with Crippen molar-refractivity contribution in [3.63, 3.8) is 0 Å². The van der Waals surface area contributed by atoms with Gasteiger partial charge in [-0.25, -0.2) is 0 Å². The van der Waals surface area contributed by atoms with Gasteiger partial charge in [0.2, 0.25) is 5.91 Å². The molecule has 4 aliphatic rings. The minimum atomic E-state index is -0.720. The van der Waals surface area contributed by atoms with Gasteiger partial charge in [-0.15, -0.1) is 0 Å². The average molecular weight is 676 g/mol. The van der Waals surface area contributed by atoms with E-state index in [-0.39, 0.29) is 29.8 Å². The number of aryl methyl sites for hydroxylation is 1. The normalized spacial score (nSPS) is 20.1. The lowest BCUT2D eigenvalue weighted by atomic mass is 9.74. The lowest BCUT2D eigenvalue weighted by Gasteiger charge is -2.31. The molecule has 3 aromatic rings. The van der Waals surface area contributed by atoms with E-state index in [1.165, 1.54) is 0 Å². The lowest BCUT2D eigenvalue weighted by Crippen LogP contribution is -2.46. The predicted molar refractivity (Wildman–Crippen MR) is 191 cm³/mol. The SMILES string of the molecule is O=C1CC(C(=O)c2ccc(Cl)cc2)C2=C(C=Nc3cc(CCC(=O)N4CCNCC4)ccc3N2)C1Cc1ccc(C(=O)N2CC=CC2)cc1. The number of nitrogens with zero attached hydrogens (tertiary/aromatic N) is 3.